The van der Waals surface area contributed by atoms with Crippen molar-refractivity contribution in [3.8, 4) is 0 Å². The molecule has 2 aromatic carbocycles. The fourth-order valence-electron chi connectivity index (χ4n) is 3.03. The summed E-state index contributed by atoms with van der Waals surface area (Å²) in [6.45, 7) is 3.26. The van der Waals surface area contributed by atoms with Gasteiger partial charge < -0.3 is 14.6 Å². The van der Waals surface area contributed by atoms with Crippen molar-refractivity contribution in [2.45, 2.75) is 26.5 Å². The number of carbonyl (C=O) groups excluding carboxylic acids is 1. The smallest absolute Gasteiger partial charge is 0.258 e. The number of fused-ring (bicyclic) bond motifs is 1. The largest absolute Gasteiger partial charge is 0.380 e. The van der Waals surface area contributed by atoms with E-state index in [2.05, 4.69) is 9.97 Å². The highest BCUT2D eigenvalue weighted by Gasteiger charge is 2.17. The Labute approximate surface area is 168 Å². The maximum atomic E-state index is 13.0. The molecule has 3 aromatic rings. The minimum absolute atomic E-state index is 0.111. The van der Waals surface area contributed by atoms with Gasteiger partial charge in [-0.3, -0.25) is 9.59 Å². The molecule has 0 radical (unpaired) electrons. The van der Waals surface area contributed by atoms with Crippen molar-refractivity contribution in [3.05, 3.63) is 74.8 Å². The predicted octanol–water partition coefficient (Wildman–Crippen LogP) is 3.78. The van der Waals surface area contributed by atoms with Crippen molar-refractivity contribution < 1.29 is 9.53 Å². The number of carbonyl (C=O) groups is 1. The van der Waals surface area contributed by atoms with Gasteiger partial charge in [0.15, 0.2) is 0 Å². The van der Waals surface area contributed by atoms with Crippen LogP contribution in [0, 0.1) is 0 Å². The van der Waals surface area contributed by atoms with Gasteiger partial charge in [-0.1, -0.05) is 30.7 Å². The first-order chi connectivity index (χ1) is 13.5. The molecule has 0 aliphatic heterocycles. The number of nitrogens with zero attached hydrogens (tertiary/aromatic N) is 2. The van der Waals surface area contributed by atoms with Gasteiger partial charge >= 0.3 is 0 Å². The van der Waals surface area contributed by atoms with Crippen LogP contribution in [-0.4, -0.2) is 34.4 Å². The van der Waals surface area contributed by atoms with E-state index < -0.39 is 0 Å². The van der Waals surface area contributed by atoms with E-state index in [0.29, 0.717) is 40.5 Å². The van der Waals surface area contributed by atoms with E-state index in [4.69, 9.17) is 16.3 Å². The van der Waals surface area contributed by atoms with Crippen molar-refractivity contribution in [2.24, 2.45) is 0 Å². The molecule has 0 atom stereocenters. The highest BCUT2D eigenvalue weighted by molar-refractivity contribution is 6.31. The summed E-state index contributed by atoms with van der Waals surface area (Å²) in [5.74, 6) is 0.317. The SMILES string of the molecule is CCCN(Cc1nc2cc(Cl)ccc2c(=O)[nH]1)C(=O)c1ccc(COC)cc1. The first kappa shape index (κ1) is 20.0. The summed E-state index contributed by atoms with van der Waals surface area (Å²) in [7, 11) is 1.63. The Hall–Kier alpha value is -2.70. The summed E-state index contributed by atoms with van der Waals surface area (Å²) in [6.07, 6.45) is 0.789. The highest BCUT2D eigenvalue weighted by atomic mass is 35.5. The minimum Gasteiger partial charge on any atom is -0.380 e. The average Bonchev–Trinajstić information content (AvgIpc) is 2.67. The number of amides is 1. The van der Waals surface area contributed by atoms with Crippen molar-refractivity contribution in [2.75, 3.05) is 13.7 Å². The topological polar surface area (TPSA) is 75.3 Å². The van der Waals surface area contributed by atoms with Crippen LogP contribution in [0.2, 0.25) is 5.02 Å². The molecule has 0 unspecified atom stereocenters. The Bertz CT molecular complexity index is 1030. The van der Waals surface area contributed by atoms with Gasteiger partial charge in [-0.2, -0.15) is 0 Å². The molecule has 0 aliphatic rings. The number of methoxy groups -OCH3 is 1. The first-order valence-electron chi connectivity index (χ1n) is 9.07. The van der Waals surface area contributed by atoms with Crippen molar-refractivity contribution in [1.82, 2.24) is 14.9 Å². The summed E-state index contributed by atoms with van der Waals surface area (Å²) < 4.78 is 5.10. The quantitative estimate of drug-likeness (QED) is 0.656. The van der Waals surface area contributed by atoms with Crippen LogP contribution < -0.4 is 5.56 Å². The minimum atomic E-state index is -0.246. The van der Waals surface area contributed by atoms with Crippen LogP contribution >= 0.6 is 11.6 Å². The van der Waals surface area contributed by atoms with Crippen LogP contribution in [0.1, 0.15) is 35.1 Å². The molecule has 0 saturated heterocycles. The predicted molar refractivity (Wildman–Crippen MR) is 110 cm³/mol. The normalized spacial score (nSPS) is 11.0. The number of H-pyrrole nitrogens is 1. The number of hydrogen-bond acceptors (Lipinski definition) is 4. The lowest BCUT2D eigenvalue weighted by Crippen LogP contribution is -2.32. The maximum absolute atomic E-state index is 13.0. The van der Waals surface area contributed by atoms with Crippen molar-refractivity contribution in [3.63, 3.8) is 0 Å². The zero-order valence-corrected chi connectivity index (χ0v) is 16.6. The highest BCUT2D eigenvalue weighted by Crippen LogP contribution is 2.16. The lowest BCUT2D eigenvalue weighted by molar-refractivity contribution is 0.0739. The molecule has 0 saturated carbocycles. The van der Waals surface area contributed by atoms with Crippen LogP contribution in [0.5, 0.6) is 0 Å². The molecule has 146 valence electrons. The Morgan fingerprint density at radius 1 is 1.21 bits per heavy atom. The molecule has 1 N–H and O–H groups in total. The van der Waals surface area contributed by atoms with Crippen LogP contribution in [0.3, 0.4) is 0 Å². The molecule has 28 heavy (non-hydrogen) atoms. The summed E-state index contributed by atoms with van der Waals surface area (Å²) in [4.78, 5) is 34.2. The molecule has 1 aromatic heterocycles. The van der Waals surface area contributed by atoms with E-state index in [-0.39, 0.29) is 18.0 Å². The Balaban J connectivity index is 1.87. The first-order valence-corrected chi connectivity index (χ1v) is 9.45. The van der Waals surface area contributed by atoms with Gasteiger partial charge in [0.2, 0.25) is 0 Å². The van der Waals surface area contributed by atoms with Gasteiger partial charge in [0.05, 0.1) is 24.1 Å². The van der Waals surface area contributed by atoms with Gasteiger partial charge in [-0.05, 0) is 42.3 Å². The molecule has 0 bridgehead atoms. The molecular weight excluding hydrogens is 378 g/mol. The maximum Gasteiger partial charge on any atom is 0.258 e. The molecule has 0 aliphatic carbocycles. The summed E-state index contributed by atoms with van der Waals surface area (Å²) >= 11 is 6.02. The second kappa shape index (κ2) is 8.99. The second-order valence-electron chi connectivity index (χ2n) is 6.53. The number of halogens is 1. The van der Waals surface area contributed by atoms with Crippen molar-refractivity contribution in [1.29, 1.82) is 0 Å². The lowest BCUT2D eigenvalue weighted by atomic mass is 10.1. The fraction of sp³-hybridized carbons (Fsp3) is 0.286. The molecule has 1 amide bonds. The van der Waals surface area contributed by atoms with Crippen LogP contribution in [-0.2, 0) is 17.9 Å². The van der Waals surface area contributed by atoms with E-state index in [0.717, 1.165) is 12.0 Å². The number of ether oxygens (including phenoxy) is 1. The number of aromatic nitrogens is 2. The summed E-state index contributed by atoms with van der Waals surface area (Å²) in [5.41, 5.74) is 1.85. The van der Waals surface area contributed by atoms with E-state index >= 15 is 0 Å². The zero-order valence-electron chi connectivity index (χ0n) is 15.9. The van der Waals surface area contributed by atoms with E-state index in [1.165, 1.54) is 0 Å². The number of rotatable bonds is 7. The third kappa shape index (κ3) is 4.58. The van der Waals surface area contributed by atoms with Gasteiger partial charge in [0, 0.05) is 24.2 Å². The van der Waals surface area contributed by atoms with Crippen LogP contribution in [0.15, 0.2) is 47.3 Å². The number of nitrogens with one attached hydrogen (secondary N) is 1. The molecule has 0 fully saturated rings. The van der Waals surface area contributed by atoms with E-state index in [9.17, 15) is 9.59 Å². The third-order valence-electron chi connectivity index (χ3n) is 4.35. The number of hydrogen-bond donors (Lipinski definition) is 1. The Kier molecular flexibility index (Phi) is 6.44. The number of aromatic amines is 1. The van der Waals surface area contributed by atoms with E-state index in [1.807, 2.05) is 19.1 Å². The van der Waals surface area contributed by atoms with Gasteiger partial charge in [0.1, 0.15) is 5.82 Å². The third-order valence-corrected chi connectivity index (χ3v) is 4.59. The Morgan fingerprint density at radius 2 is 1.96 bits per heavy atom. The number of benzene rings is 2. The molecular formula is C21H22ClN3O3. The van der Waals surface area contributed by atoms with E-state index in [1.54, 1.807) is 42.3 Å². The molecule has 6 nitrogen and oxygen atoms in total. The van der Waals surface area contributed by atoms with Crippen LogP contribution in [0.25, 0.3) is 10.9 Å². The zero-order chi connectivity index (χ0) is 20.1. The molecule has 7 heteroatoms. The Morgan fingerprint density at radius 3 is 2.64 bits per heavy atom. The standard InChI is InChI=1S/C21H22ClN3O3/c1-3-10-25(21(27)15-6-4-14(5-7-15)13-28-2)12-19-23-18-11-16(22)8-9-17(18)20(26)24-19/h4-9,11H,3,10,12-13H2,1-2H3,(H,23,24,26). The molecule has 1 heterocycles. The van der Waals surface area contributed by atoms with Crippen molar-refractivity contribution >= 4 is 28.4 Å². The monoisotopic (exact) mass is 399 g/mol. The van der Waals surface area contributed by atoms with Crippen LogP contribution in [0.4, 0.5) is 0 Å². The molecule has 3 rings (SSSR count). The summed E-state index contributed by atoms with van der Waals surface area (Å²) in [6, 6.07) is 12.3. The molecule has 0 spiro atoms. The second-order valence-corrected chi connectivity index (χ2v) is 6.97. The lowest BCUT2D eigenvalue weighted by Gasteiger charge is -2.22. The van der Waals surface area contributed by atoms with Gasteiger partial charge in [-0.25, -0.2) is 4.98 Å². The summed E-state index contributed by atoms with van der Waals surface area (Å²) in [5, 5.41) is 0.976. The van der Waals surface area contributed by atoms with Gasteiger partial charge in [0.25, 0.3) is 11.5 Å². The van der Waals surface area contributed by atoms with Gasteiger partial charge in [-0.15, -0.1) is 0 Å². The average molecular weight is 400 g/mol. The fourth-order valence-corrected chi connectivity index (χ4v) is 3.20.